The molecule has 214 valence electrons. The number of hydrogen-bond acceptors (Lipinski definition) is 7. The molecule has 41 heavy (non-hydrogen) atoms. The average Bonchev–Trinajstić information content (AvgIpc) is 2.96. The van der Waals surface area contributed by atoms with Gasteiger partial charge in [-0.3, -0.25) is 15.1 Å². The minimum Gasteiger partial charge on any atom is -0.493 e. The monoisotopic (exact) mass is 560 g/mol. The van der Waals surface area contributed by atoms with Crippen LogP contribution in [0, 0.1) is 5.82 Å². The van der Waals surface area contributed by atoms with E-state index in [-0.39, 0.29) is 17.9 Å². The summed E-state index contributed by atoms with van der Waals surface area (Å²) in [6.45, 7) is 7.35. The smallest absolute Gasteiger partial charge is 0.325 e. The molecule has 3 aromatic carbocycles. The molecule has 4 rings (SSSR count). The number of nitrogens with zero attached hydrogens (tertiary/aromatic N) is 2. The van der Waals surface area contributed by atoms with Crippen LogP contribution in [0.5, 0.6) is 23.0 Å². The largest absolute Gasteiger partial charge is 0.493 e. The minimum absolute atomic E-state index is 0.0456. The number of methoxy groups -OCH3 is 1. The second-order valence-corrected chi connectivity index (χ2v) is 9.12. The predicted molar refractivity (Wildman–Crippen MR) is 155 cm³/mol. The first kappa shape index (κ1) is 29.3. The number of benzene rings is 3. The van der Waals surface area contributed by atoms with E-state index >= 15 is 0 Å². The summed E-state index contributed by atoms with van der Waals surface area (Å²) < 4.78 is 32.4. The van der Waals surface area contributed by atoms with Crippen molar-refractivity contribution >= 4 is 28.5 Å². The zero-order valence-electron chi connectivity index (χ0n) is 23.3. The van der Waals surface area contributed by atoms with Gasteiger partial charge in [-0.05, 0) is 42.9 Å². The van der Waals surface area contributed by atoms with Crippen molar-refractivity contribution in [3.8, 4) is 23.0 Å². The molecule has 10 heteroatoms. The predicted octanol–water partition coefficient (Wildman–Crippen LogP) is 5.79. The Morgan fingerprint density at radius 2 is 1.71 bits per heavy atom. The highest BCUT2D eigenvalue weighted by molar-refractivity contribution is 6.01. The van der Waals surface area contributed by atoms with Gasteiger partial charge in [-0.2, -0.15) is 0 Å². The first-order chi connectivity index (χ1) is 19.9. The molecule has 0 saturated carbocycles. The summed E-state index contributed by atoms with van der Waals surface area (Å²) in [7, 11) is 1.55. The Balaban J connectivity index is 1.43. The van der Waals surface area contributed by atoms with Gasteiger partial charge in [0.2, 0.25) is 5.91 Å². The number of hydrogen-bond donors (Lipinski definition) is 2. The van der Waals surface area contributed by atoms with Crippen molar-refractivity contribution in [3.05, 3.63) is 84.3 Å². The van der Waals surface area contributed by atoms with E-state index in [1.165, 1.54) is 12.1 Å². The maximum atomic E-state index is 15.0. The Morgan fingerprint density at radius 1 is 0.927 bits per heavy atom. The zero-order chi connectivity index (χ0) is 29.2. The number of likely N-dealkylation sites (N-methyl/N-ethyl adjacent to an activating group) is 1. The Bertz CT molecular complexity index is 1500. The number of carbonyl (C=O) groups excluding carboxylic acids is 2. The van der Waals surface area contributed by atoms with E-state index in [9.17, 15) is 14.0 Å². The van der Waals surface area contributed by atoms with Crippen LogP contribution in [0.4, 0.5) is 14.9 Å². The van der Waals surface area contributed by atoms with E-state index in [2.05, 4.69) is 34.4 Å². The Hall–Kier alpha value is -4.70. The van der Waals surface area contributed by atoms with Crippen LogP contribution in [0.2, 0.25) is 0 Å². The highest BCUT2D eigenvalue weighted by atomic mass is 19.1. The highest BCUT2D eigenvalue weighted by Crippen LogP contribution is 2.37. The fraction of sp³-hybridized carbons (Fsp3) is 0.258. The number of fused-ring (bicyclic) bond motifs is 1. The van der Waals surface area contributed by atoms with Crippen molar-refractivity contribution in [2.24, 2.45) is 0 Å². The second-order valence-electron chi connectivity index (χ2n) is 9.12. The molecule has 0 radical (unpaired) electrons. The average molecular weight is 561 g/mol. The molecule has 9 nitrogen and oxygen atoms in total. The molecule has 0 atom stereocenters. The number of amides is 3. The van der Waals surface area contributed by atoms with Crippen LogP contribution in [0.25, 0.3) is 10.9 Å². The van der Waals surface area contributed by atoms with Gasteiger partial charge >= 0.3 is 6.03 Å². The number of urea groups is 1. The SMILES string of the molecule is CCN(CC)CCOc1cc2nccc(Oc3ccc(NC(=O)NC(=O)Cc4ccccc4)cc3F)c2cc1OC. The molecule has 0 unspecified atom stereocenters. The molecule has 3 amide bonds. The molecule has 0 aliphatic rings. The topological polar surface area (TPSA) is 102 Å². The Morgan fingerprint density at radius 3 is 2.41 bits per heavy atom. The summed E-state index contributed by atoms with van der Waals surface area (Å²) in [4.78, 5) is 31.0. The summed E-state index contributed by atoms with van der Waals surface area (Å²) in [5.74, 6) is 0.189. The van der Waals surface area contributed by atoms with E-state index in [0.717, 1.165) is 31.3 Å². The Kier molecular flexibility index (Phi) is 10.1. The van der Waals surface area contributed by atoms with Gasteiger partial charge in [0.15, 0.2) is 23.1 Å². The third kappa shape index (κ3) is 7.92. The highest BCUT2D eigenvalue weighted by Gasteiger charge is 2.15. The molecular weight excluding hydrogens is 527 g/mol. The molecule has 0 spiro atoms. The molecule has 0 bridgehead atoms. The maximum Gasteiger partial charge on any atom is 0.325 e. The molecular formula is C31H33FN4O5. The molecule has 1 aromatic heterocycles. The third-order valence-corrected chi connectivity index (χ3v) is 6.42. The molecule has 0 fully saturated rings. The van der Waals surface area contributed by atoms with Gasteiger partial charge in [-0.15, -0.1) is 0 Å². The number of ether oxygens (including phenoxy) is 3. The van der Waals surface area contributed by atoms with E-state index in [4.69, 9.17) is 14.2 Å². The number of nitrogens with one attached hydrogen (secondary N) is 2. The lowest BCUT2D eigenvalue weighted by molar-refractivity contribution is -0.119. The van der Waals surface area contributed by atoms with Crippen LogP contribution in [0.15, 0.2) is 72.9 Å². The molecule has 1 heterocycles. The van der Waals surface area contributed by atoms with E-state index in [0.29, 0.717) is 34.8 Å². The van der Waals surface area contributed by atoms with Crippen LogP contribution in [-0.2, 0) is 11.2 Å². The summed E-state index contributed by atoms with van der Waals surface area (Å²) in [5.41, 5.74) is 1.52. The number of imide groups is 1. The first-order valence-electron chi connectivity index (χ1n) is 13.3. The van der Waals surface area contributed by atoms with Crippen molar-refractivity contribution in [1.82, 2.24) is 15.2 Å². The van der Waals surface area contributed by atoms with Crippen molar-refractivity contribution in [1.29, 1.82) is 0 Å². The Labute approximate surface area is 238 Å². The van der Waals surface area contributed by atoms with Crippen LogP contribution >= 0.6 is 0 Å². The van der Waals surface area contributed by atoms with Crippen LogP contribution in [0.1, 0.15) is 19.4 Å². The fourth-order valence-corrected chi connectivity index (χ4v) is 4.21. The van der Waals surface area contributed by atoms with Crippen molar-refractivity contribution < 1.29 is 28.2 Å². The molecule has 2 N–H and O–H groups in total. The molecule has 0 saturated heterocycles. The zero-order valence-corrected chi connectivity index (χ0v) is 23.3. The van der Waals surface area contributed by atoms with Crippen molar-refractivity contribution in [2.75, 3.05) is 38.7 Å². The number of pyridine rings is 1. The maximum absolute atomic E-state index is 15.0. The van der Waals surface area contributed by atoms with E-state index in [1.807, 2.05) is 18.2 Å². The van der Waals surface area contributed by atoms with Gasteiger partial charge in [0.1, 0.15) is 12.4 Å². The number of halogens is 1. The minimum atomic E-state index is -0.763. The van der Waals surface area contributed by atoms with Gasteiger partial charge in [0.25, 0.3) is 0 Å². The summed E-state index contributed by atoms with van der Waals surface area (Å²) >= 11 is 0. The third-order valence-electron chi connectivity index (χ3n) is 6.42. The quantitative estimate of drug-likeness (QED) is 0.226. The van der Waals surface area contributed by atoms with Gasteiger partial charge in [-0.25, -0.2) is 9.18 Å². The summed E-state index contributed by atoms with van der Waals surface area (Å²) in [6, 6.07) is 17.4. The van der Waals surface area contributed by atoms with Gasteiger partial charge in [-0.1, -0.05) is 44.2 Å². The number of carbonyl (C=O) groups is 2. The van der Waals surface area contributed by atoms with Gasteiger partial charge < -0.3 is 24.4 Å². The van der Waals surface area contributed by atoms with Crippen molar-refractivity contribution in [3.63, 3.8) is 0 Å². The van der Waals surface area contributed by atoms with Gasteiger partial charge in [0.05, 0.1) is 19.0 Å². The lowest BCUT2D eigenvalue weighted by Crippen LogP contribution is -2.35. The fourth-order valence-electron chi connectivity index (χ4n) is 4.21. The normalized spacial score (nSPS) is 10.9. The van der Waals surface area contributed by atoms with E-state index in [1.54, 1.807) is 43.6 Å². The number of aromatic nitrogens is 1. The standard InChI is InChI=1S/C31H33FN4O5/c1-4-36(5-2)15-16-40-29-20-25-23(19-28(29)39-3)26(13-14-33-25)41-27-12-11-22(18-24(27)32)34-31(38)35-30(37)17-21-9-7-6-8-10-21/h6-14,18-20H,4-5,15-17H2,1-3H3,(H2,34,35,37,38). The summed E-state index contributed by atoms with van der Waals surface area (Å²) in [5, 5.41) is 5.31. The molecule has 0 aliphatic heterocycles. The van der Waals surface area contributed by atoms with Gasteiger partial charge in [0, 0.05) is 35.9 Å². The molecule has 0 aliphatic carbocycles. The lowest BCUT2D eigenvalue weighted by atomic mass is 10.1. The number of rotatable bonds is 12. The number of anilines is 1. The summed E-state index contributed by atoms with van der Waals surface area (Å²) in [6.07, 6.45) is 1.61. The van der Waals surface area contributed by atoms with Crippen molar-refractivity contribution in [2.45, 2.75) is 20.3 Å². The molecule has 4 aromatic rings. The van der Waals surface area contributed by atoms with E-state index < -0.39 is 17.8 Å². The second kappa shape index (κ2) is 14.1. The van der Waals surface area contributed by atoms with Crippen LogP contribution in [0.3, 0.4) is 0 Å². The lowest BCUT2D eigenvalue weighted by Gasteiger charge is -2.19. The van der Waals surface area contributed by atoms with Crippen LogP contribution in [-0.4, -0.2) is 55.2 Å². The first-order valence-corrected chi connectivity index (χ1v) is 13.3. The van der Waals surface area contributed by atoms with Crippen LogP contribution < -0.4 is 24.8 Å².